The molecule has 0 radical (unpaired) electrons. The van der Waals surface area contributed by atoms with Crippen molar-refractivity contribution in [1.29, 1.82) is 0 Å². The van der Waals surface area contributed by atoms with Gasteiger partial charge < -0.3 is 4.74 Å². The Bertz CT molecular complexity index is 857. The monoisotopic (exact) mass is 350 g/mol. The summed E-state index contributed by atoms with van der Waals surface area (Å²) in [4.78, 5) is 24.8. The molecule has 0 aromatic heterocycles. The number of carbonyl (C=O) groups excluding carboxylic acids is 2. The Labute approximate surface area is 153 Å². The fourth-order valence-corrected chi connectivity index (χ4v) is 2.66. The molecule has 0 unspecified atom stereocenters. The summed E-state index contributed by atoms with van der Waals surface area (Å²) in [6.45, 7) is 6.78. The molecular weight excluding hydrogens is 328 g/mol. The molecule has 134 valence electrons. The standard InChI is InChI=1S/C21H22N2O3/c1-14(2)13-26-19-10-9-16(11-15(19)3)12-18-20(24)22-23(21(18)25)17-7-5-4-6-8-17/h4-12,14H,13H2,1-3H3,(H,22,24). The molecule has 1 aliphatic heterocycles. The molecule has 1 N–H and O–H groups in total. The van der Waals surface area contributed by atoms with Gasteiger partial charge in [-0.3, -0.25) is 15.0 Å². The summed E-state index contributed by atoms with van der Waals surface area (Å²) < 4.78 is 5.77. The molecule has 2 amide bonds. The van der Waals surface area contributed by atoms with Crippen LogP contribution in [0.1, 0.15) is 25.0 Å². The molecule has 1 aliphatic rings. The van der Waals surface area contributed by atoms with Crippen LogP contribution in [0.5, 0.6) is 5.75 Å². The number of ether oxygens (including phenoxy) is 1. The first-order valence-corrected chi connectivity index (χ1v) is 8.61. The number of hydrazine groups is 1. The average molecular weight is 350 g/mol. The molecule has 5 heteroatoms. The fraction of sp³-hybridized carbons (Fsp3) is 0.238. The highest BCUT2D eigenvalue weighted by molar-refractivity contribution is 6.31. The van der Waals surface area contributed by atoms with Gasteiger partial charge in [-0.25, -0.2) is 5.01 Å². The van der Waals surface area contributed by atoms with Crippen LogP contribution in [0.15, 0.2) is 54.1 Å². The number of carbonyl (C=O) groups is 2. The minimum absolute atomic E-state index is 0.115. The van der Waals surface area contributed by atoms with Crippen molar-refractivity contribution in [2.45, 2.75) is 20.8 Å². The predicted octanol–water partition coefficient (Wildman–Crippen LogP) is 3.49. The predicted molar refractivity (Wildman–Crippen MR) is 102 cm³/mol. The molecule has 26 heavy (non-hydrogen) atoms. The SMILES string of the molecule is Cc1cc(C=C2C(=O)NN(c3ccccc3)C2=O)ccc1OCC(C)C. The molecule has 1 heterocycles. The van der Waals surface area contributed by atoms with Crippen LogP contribution in [-0.2, 0) is 9.59 Å². The Kier molecular flexibility index (Phi) is 5.07. The maximum atomic E-state index is 12.6. The van der Waals surface area contributed by atoms with Gasteiger partial charge in [0.05, 0.1) is 12.3 Å². The maximum Gasteiger partial charge on any atom is 0.282 e. The van der Waals surface area contributed by atoms with Crippen LogP contribution in [0.3, 0.4) is 0 Å². The Morgan fingerprint density at radius 2 is 1.85 bits per heavy atom. The van der Waals surface area contributed by atoms with Crippen molar-refractivity contribution in [3.05, 3.63) is 65.2 Å². The number of hydrogen-bond acceptors (Lipinski definition) is 3. The summed E-state index contributed by atoms with van der Waals surface area (Å²) in [7, 11) is 0. The zero-order chi connectivity index (χ0) is 18.7. The third-order valence-electron chi connectivity index (χ3n) is 3.99. The number of nitrogens with one attached hydrogen (secondary N) is 1. The highest BCUT2D eigenvalue weighted by atomic mass is 16.5. The second-order valence-electron chi connectivity index (χ2n) is 6.70. The van der Waals surface area contributed by atoms with Gasteiger partial charge in [0.15, 0.2) is 0 Å². The normalized spacial score (nSPS) is 15.7. The third kappa shape index (κ3) is 3.77. The van der Waals surface area contributed by atoms with E-state index in [-0.39, 0.29) is 11.5 Å². The van der Waals surface area contributed by atoms with Crippen molar-refractivity contribution in [2.75, 3.05) is 11.6 Å². The molecule has 0 saturated carbocycles. The fourth-order valence-electron chi connectivity index (χ4n) is 2.66. The van der Waals surface area contributed by atoms with Gasteiger partial charge in [0.25, 0.3) is 11.8 Å². The lowest BCUT2D eigenvalue weighted by molar-refractivity contribution is -0.117. The van der Waals surface area contributed by atoms with Crippen LogP contribution in [0.4, 0.5) is 5.69 Å². The molecule has 0 atom stereocenters. The summed E-state index contributed by atoms with van der Waals surface area (Å²) in [6.07, 6.45) is 1.61. The molecule has 3 rings (SSSR count). The Hall–Kier alpha value is -3.08. The molecule has 0 bridgehead atoms. The lowest BCUT2D eigenvalue weighted by Crippen LogP contribution is -2.35. The maximum absolute atomic E-state index is 12.6. The molecular formula is C21H22N2O3. The average Bonchev–Trinajstić information content (AvgIpc) is 2.90. The molecule has 0 aliphatic carbocycles. The number of anilines is 1. The first-order valence-electron chi connectivity index (χ1n) is 8.61. The van der Waals surface area contributed by atoms with Gasteiger partial charge in [0.1, 0.15) is 11.3 Å². The Morgan fingerprint density at radius 3 is 2.50 bits per heavy atom. The van der Waals surface area contributed by atoms with Crippen LogP contribution in [0, 0.1) is 12.8 Å². The van der Waals surface area contributed by atoms with Crippen LogP contribution >= 0.6 is 0 Å². The summed E-state index contributed by atoms with van der Waals surface area (Å²) in [5, 5.41) is 1.27. The summed E-state index contributed by atoms with van der Waals surface area (Å²) in [5.41, 5.74) is 5.09. The van der Waals surface area contributed by atoms with Gasteiger partial charge in [-0.05, 0) is 54.3 Å². The summed E-state index contributed by atoms with van der Waals surface area (Å²) in [6, 6.07) is 14.7. The molecule has 1 fully saturated rings. The summed E-state index contributed by atoms with van der Waals surface area (Å²) in [5.74, 6) is 0.490. The number of rotatable bonds is 5. The molecule has 1 saturated heterocycles. The highest BCUT2D eigenvalue weighted by Gasteiger charge is 2.34. The van der Waals surface area contributed by atoms with E-state index in [1.807, 2.05) is 43.3 Å². The first-order chi connectivity index (χ1) is 12.5. The molecule has 2 aromatic carbocycles. The number of aryl methyl sites for hydroxylation is 1. The lowest BCUT2D eigenvalue weighted by Gasteiger charge is -2.14. The van der Waals surface area contributed by atoms with Crippen LogP contribution in [0.2, 0.25) is 0 Å². The van der Waals surface area contributed by atoms with E-state index in [1.165, 1.54) is 5.01 Å². The van der Waals surface area contributed by atoms with Gasteiger partial charge in [-0.15, -0.1) is 0 Å². The highest BCUT2D eigenvalue weighted by Crippen LogP contribution is 2.24. The van der Waals surface area contributed by atoms with Gasteiger partial charge in [0, 0.05) is 0 Å². The van der Waals surface area contributed by atoms with Crippen molar-refractivity contribution < 1.29 is 14.3 Å². The number of amides is 2. The quantitative estimate of drug-likeness (QED) is 0.663. The van der Waals surface area contributed by atoms with Gasteiger partial charge in [-0.1, -0.05) is 38.1 Å². The van der Waals surface area contributed by atoms with Gasteiger partial charge in [0.2, 0.25) is 0 Å². The van der Waals surface area contributed by atoms with Crippen LogP contribution < -0.4 is 15.2 Å². The largest absolute Gasteiger partial charge is 0.493 e. The van der Waals surface area contributed by atoms with Crippen LogP contribution in [-0.4, -0.2) is 18.4 Å². The van der Waals surface area contributed by atoms with Crippen molar-refractivity contribution >= 4 is 23.6 Å². The van der Waals surface area contributed by atoms with E-state index in [0.29, 0.717) is 18.2 Å². The second-order valence-corrected chi connectivity index (χ2v) is 6.70. The van der Waals surface area contributed by atoms with Crippen molar-refractivity contribution in [2.24, 2.45) is 5.92 Å². The zero-order valence-corrected chi connectivity index (χ0v) is 15.2. The van der Waals surface area contributed by atoms with Gasteiger partial charge in [-0.2, -0.15) is 0 Å². The van der Waals surface area contributed by atoms with E-state index in [0.717, 1.165) is 16.9 Å². The summed E-state index contributed by atoms with van der Waals surface area (Å²) >= 11 is 0. The number of hydrogen-bond donors (Lipinski definition) is 1. The van der Waals surface area contributed by atoms with E-state index in [4.69, 9.17) is 4.74 Å². The van der Waals surface area contributed by atoms with Crippen molar-refractivity contribution in [3.63, 3.8) is 0 Å². The van der Waals surface area contributed by atoms with Crippen molar-refractivity contribution in [3.8, 4) is 5.75 Å². The Balaban J connectivity index is 1.82. The second kappa shape index (κ2) is 7.44. The van der Waals surface area contributed by atoms with E-state index < -0.39 is 5.91 Å². The van der Waals surface area contributed by atoms with E-state index in [9.17, 15) is 9.59 Å². The lowest BCUT2D eigenvalue weighted by atomic mass is 10.1. The van der Waals surface area contributed by atoms with E-state index >= 15 is 0 Å². The zero-order valence-electron chi connectivity index (χ0n) is 15.2. The number of nitrogens with zero attached hydrogens (tertiary/aromatic N) is 1. The van der Waals surface area contributed by atoms with Crippen LogP contribution in [0.25, 0.3) is 6.08 Å². The van der Waals surface area contributed by atoms with Crippen molar-refractivity contribution in [1.82, 2.24) is 5.43 Å². The minimum Gasteiger partial charge on any atom is -0.493 e. The van der Waals surface area contributed by atoms with E-state index in [1.54, 1.807) is 18.2 Å². The third-order valence-corrected chi connectivity index (χ3v) is 3.99. The minimum atomic E-state index is -0.406. The smallest absolute Gasteiger partial charge is 0.282 e. The molecule has 0 spiro atoms. The number of para-hydroxylation sites is 1. The Morgan fingerprint density at radius 1 is 1.12 bits per heavy atom. The number of benzene rings is 2. The molecule has 2 aromatic rings. The first kappa shape index (κ1) is 17.7. The molecule has 5 nitrogen and oxygen atoms in total. The van der Waals surface area contributed by atoms with Gasteiger partial charge >= 0.3 is 0 Å². The van der Waals surface area contributed by atoms with E-state index in [2.05, 4.69) is 19.3 Å². The topological polar surface area (TPSA) is 58.6 Å².